The minimum Gasteiger partial charge on any atom is -0.465 e. The maximum Gasteiger partial charge on any atom is 0.341 e. The van der Waals surface area contributed by atoms with E-state index < -0.39 is 11.9 Å². The lowest BCUT2D eigenvalue weighted by atomic mass is 10.1. The summed E-state index contributed by atoms with van der Waals surface area (Å²) in [7, 11) is 1.31. The standard InChI is InChI=1S/C19H18ClN3O3S/c1-10-12(3)27-18(14(10)19(25)26-4)21-17(24)15-11(2)22-23(16(15)20)13-8-6-5-7-9-13/h5-9H,1-4H3,(H,21,24). The molecule has 0 saturated carbocycles. The van der Waals surface area contributed by atoms with Crippen molar-refractivity contribution in [2.75, 3.05) is 12.4 Å². The molecule has 0 fully saturated rings. The molecule has 1 N–H and O–H groups in total. The lowest BCUT2D eigenvalue weighted by Crippen LogP contribution is -2.15. The third kappa shape index (κ3) is 3.48. The van der Waals surface area contributed by atoms with Gasteiger partial charge < -0.3 is 10.1 Å². The van der Waals surface area contributed by atoms with Crippen LogP contribution in [0.3, 0.4) is 0 Å². The molecular weight excluding hydrogens is 386 g/mol. The summed E-state index contributed by atoms with van der Waals surface area (Å²) in [5, 5.41) is 7.81. The first-order valence-electron chi connectivity index (χ1n) is 8.15. The highest BCUT2D eigenvalue weighted by Gasteiger charge is 2.25. The summed E-state index contributed by atoms with van der Waals surface area (Å²) in [5.74, 6) is -0.916. The fourth-order valence-corrected chi connectivity index (χ4v) is 4.13. The number of esters is 1. The first-order valence-corrected chi connectivity index (χ1v) is 9.34. The van der Waals surface area contributed by atoms with Gasteiger partial charge in [-0.1, -0.05) is 29.8 Å². The van der Waals surface area contributed by atoms with Crippen LogP contribution in [0.5, 0.6) is 0 Å². The molecular formula is C19H18ClN3O3S. The van der Waals surface area contributed by atoms with Gasteiger partial charge >= 0.3 is 5.97 Å². The second-order valence-corrected chi connectivity index (χ2v) is 7.51. The summed E-state index contributed by atoms with van der Waals surface area (Å²) in [6.45, 7) is 5.42. The van der Waals surface area contributed by atoms with Crippen molar-refractivity contribution < 1.29 is 14.3 Å². The van der Waals surface area contributed by atoms with Crippen molar-refractivity contribution in [3.63, 3.8) is 0 Å². The van der Waals surface area contributed by atoms with Crippen molar-refractivity contribution in [3.8, 4) is 5.69 Å². The number of hydrogen-bond donors (Lipinski definition) is 1. The van der Waals surface area contributed by atoms with E-state index in [2.05, 4.69) is 10.4 Å². The second-order valence-electron chi connectivity index (χ2n) is 5.93. The van der Waals surface area contributed by atoms with Crippen molar-refractivity contribution in [3.05, 3.63) is 62.7 Å². The van der Waals surface area contributed by atoms with Crippen LogP contribution in [-0.2, 0) is 4.74 Å². The van der Waals surface area contributed by atoms with Crippen LogP contribution in [0.1, 0.15) is 36.9 Å². The van der Waals surface area contributed by atoms with Crippen LogP contribution in [0.4, 0.5) is 5.00 Å². The molecule has 8 heteroatoms. The van der Waals surface area contributed by atoms with E-state index in [-0.39, 0.29) is 10.7 Å². The number of aromatic nitrogens is 2. The first kappa shape index (κ1) is 19.1. The molecule has 3 aromatic rings. The molecule has 0 spiro atoms. The van der Waals surface area contributed by atoms with Gasteiger partial charge in [0.05, 0.1) is 24.1 Å². The van der Waals surface area contributed by atoms with E-state index in [1.165, 1.54) is 23.1 Å². The molecule has 27 heavy (non-hydrogen) atoms. The lowest BCUT2D eigenvalue weighted by molar-refractivity contribution is 0.0601. The largest absolute Gasteiger partial charge is 0.465 e. The number of para-hydroxylation sites is 1. The molecule has 1 aromatic carbocycles. The van der Waals surface area contributed by atoms with Crippen LogP contribution < -0.4 is 5.32 Å². The van der Waals surface area contributed by atoms with Gasteiger partial charge in [-0.2, -0.15) is 5.10 Å². The van der Waals surface area contributed by atoms with Crippen molar-refractivity contribution >= 4 is 39.8 Å². The van der Waals surface area contributed by atoms with Gasteiger partial charge in [0, 0.05) is 4.88 Å². The number of thiophene rings is 1. The quantitative estimate of drug-likeness (QED) is 0.648. The van der Waals surface area contributed by atoms with E-state index in [4.69, 9.17) is 16.3 Å². The number of amides is 1. The maximum absolute atomic E-state index is 12.9. The fraction of sp³-hybridized carbons (Fsp3) is 0.211. The number of ether oxygens (including phenoxy) is 1. The molecule has 0 radical (unpaired) electrons. The smallest absolute Gasteiger partial charge is 0.341 e. The van der Waals surface area contributed by atoms with Crippen LogP contribution in [0.25, 0.3) is 5.69 Å². The van der Waals surface area contributed by atoms with E-state index in [0.29, 0.717) is 16.3 Å². The van der Waals surface area contributed by atoms with E-state index in [1.807, 2.05) is 44.2 Å². The molecule has 2 aromatic heterocycles. The van der Waals surface area contributed by atoms with Gasteiger partial charge in [-0.3, -0.25) is 4.79 Å². The molecule has 3 rings (SSSR count). The Balaban J connectivity index is 1.98. The number of methoxy groups -OCH3 is 1. The normalized spacial score (nSPS) is 10.7. The summed E-state index contributed by atoms with van der Waals surface area (Å²) < 4.78 is 6.35. The van der Waals surface area contributed by atoms with Crippen LogP contribution in [0, 0.1) is 20.8 Å². The van der Waals surface area contributed by atoms with Crippen molar-refractivity contribution in [1.82, 2.24) is 9.78 Å². The summed E-state index contributed by atoms with van der Waals surface area (Å²) in [5.41, 5.74) is 2.65. The average Bonchev–Trinajstić information content (AvgIpc) is 3.10. The van der Waals surface area contributed by atoms with E-state index in [1.54, 1.807) is 6.92 Å². The zero-order chi connectivity index (χ0) is 19.7. The summed E-state index contributed by atoms with van der Waals surface area (Å²) >= 11 is 7.76. The molecule has 0 bridgehead atoms. The van der Waals surface area contributed by atoms with Gasteiger partial charge in [0.2, 0.25) is 0 Å². The van der Waals surface area contributed by atoms with Gasteiger partial charge in [-0.05, 0) is 38.5 Å². The Morgan fingerprint density at radius 2 is 1.81 bits per heavy atom. The first-order chi connectivity index (χ1) is 12.8. The third-order valence-electron chi connectivity index (χ3n) is 4.23. The van der Waals surface area contributed by atoms with E-state index >= 15 is 0 Å². The number of benzene rings is 1. The molecule has 2 heterocycles. The third-order valence-corrected chi connectivity index (χ3v) is 5.71. The molecule has 6 nitrogen and oxygen atoms in total. The Morgan fingerprint density at radius 1 is 1.15 bits per heavy atom. The van der Waals surface area contributed by atoms with Gasteiger partial charge in [0.25, 0.3) is 5.91 Å². The zero-order valence-electron chi connectivity index (χ0n) is 15.3. The predicted molar refractivity (Wildman–Crippen MR) is 106 cm³/mol. The van der Waals surface area contributed by atoms with Gasteiger partial charge in [-0.15, -0.1) is 11.3 Å². The number of carbonyl (C=O) groups excluding carboxylic acids is 2. The molecule has 0 aliphatic rings. The Morgan fingerprint density at radius 3 is 2.44 bits per heavy atom. The number of hydrogen-bond acceptors (Lipinski definition) is 5. The average molecular weight is 404 g/mol. The fourth-order valence-electron chi connectivity index (χ4n) is 2.73. The van der Waals surface area contributed by atoms with E-state index in [9.17, 15) is 9.59 Å². The highest BCUT2D eigenvalue weighted by Crippen LogP contribution is 2.34. The predicted octanol–water partition coefficient (Wildman–Crippen LogP) is 4.55. The number of carbonyl (C=O) groups is 2. The molecule has 0 saturated heterocycles. The Labute approximate surface area is 165 Å². The molecule has 0 unspecified atom stereocenters. The highest BCUT2D eigenvalue weighted by atomic mass is 35.5. The summed E-state index contributed by atoms with van der Waals surface area (Å²) in [6.07, 6.45) is 0. The number of rotatable bonds is 4. The molecule has 0 aliphatic carbocycles. The molecule has 0 atom stereocenters. The van der Waals surface area contributed by atoms with Gasteiger partial charge in [0.15, 0.2) is 0 Å². The minimum absolute atomic E-state index is 0.209. The van der Waals surface area contributed by atoms with Crippen LogP contribution in [-0.4, -0.2) is 28.8 Å². The SMILES string of the molecule is COC(=O)c1c(NC(=O)c2c(C)nn(-c3ccccc3)c2Cl)sc(C)c1C. The lowest BCUT2D eigenvalue weighted by Gasteiger charge is -2.06. The summed E-state index contributed by atoms with van der Waals surface area (Å²) in [6, 6.07) is 9.31. The molecule has 0 aliphatic heterocycles. The van der Waals surface area contributed by atoms with Crippen LogP contribution in [0.2, 0.25) is 5.15 Å². The summed E-state index contributed by atoms with van der Waals surface area (Å²) in [4.78, 5) is 25.9. The van der Waals surface area contributed by atoms with Crippen molar-refractivity contribution in [2.45, 2.75) is 20.8 Å². The van der Waals surface area contributed by atoms with Crippen LogP contribution in [0.15, 0.2) is 30.3 Å². The number of nitrogens with zero attached hydrogens (tertiary/aromatic N) is 2. The van der Waals surface area contributed by atoms with Crippen LogP contribution >= 0.6 is 22.9 Å². The zero-order valence-corrected chi connectivity index (χ0v) is 16.9. The highest BCUT2D eigenvalue weighted by molar-refractivity contribution is 7.16. The molecule has 140 valence electrons. The second kappa shape index (κ2) is 7.54. The number of aryl methyl sites for hydroxylation is 2. The van der Waals surface area contributed by atoms with E-state index in [0.717, 1.165) is 16.1 Å². The topological polar surface area (TPSA) is 73.2 Å². The maximum atomic E-state index is 12.9. The van der Waals surface area contributed by atoms with Crippen molar-refractivity contribution in [2.24, 2.45) is 0 Å². The Hall–Kier alpha value is -2.64. The minimum atomic E-state index is -0.491. The number of nitrogens with one attached hydrogen (secondary N) is 1. The van der Waals surface area contributed by atoms with Gasteiger partial charge in [-0.25, -0.2) is 9.48 Å². The number of halogens is 1. The monoisotopic (exact) mass is 403 g/mol. The molecule has 1 amide bonds. The Bertz CT molecular complexity index is 1020. The van der Waals surface area contributed by atoms with Gasteiger partial charge in [0.1, 0.15) is 15.7 Å². The Kier molecular flexibility index (Phi) is 5.34. The number of anilines is 1. The van der Waals surface area contributed by atoms with Crippen molar-refractivity contribution in [1.29, 1.82) is 0 Å².